The van der Waals surface area contributed by atoms with E-state index in [9.17, 15) is 8.78 Å². The van der Waals surface area contributed by atoms with E-state index in [1.165, 1.54) is 12.1 Å². The Bertz CT molecular complexity index is 390. The monoisotopic (exact) mass is 197 g/mol. The summed E-state index contributed by atoms with van der Waals surface area (Å²) in [5.41, 5.74) is 5.63. The molecule has 0 spiro atoms. The molecular weight excluding hydrogens is 188 g/mol. The van der Waals surface area contributed by atoms with E-state index in [1.54, 1.807) is 0 Å². The third-order valence-electron chi connectivity index (χ3n) is 2.12. The van der Waals surface area contributed by atoms with Crippen molar-refractivity contribution < 1.29 is 8.78 Å². The molecule has 0 bridgehead atoms. The van der Waals surface area contributed by atoms with Crippen LogP contribution in [0, 0.1) is 11.6 Å². The average molecular weight is 197 g/mol. The molecule has 3 N–H and O–H groups in total. The predicted molar refractivity (Wildman–Crippen MR) is 48.7 cm³/mol. The fourth-order valence-corrected chi connectivity index (χ4v) is 1.43. The third-order valence-corrected chi connectivity index (χ3v) is 2.12. The Kier molecular flexibility index (Phi) is 2.07. The molecule has 0 saturated heterocycles. The number of rotatable bonds is 1. The van der Waals surface area contributed by atoms with E-state index in [4.69, 9.17) is 5.73 Å². The first-order chi connectivity index (χ1) is 6.68. The number of nitrogens with two attached hydrogens (primary N) is 1. The van der Waals surface area contributed by atoms with E-state index in [0.29, 0.717) is 6.54 Å². The van der Waals surface area contributed by atoms with Crippen LogP contribution in [0.4, 0.5) is 8.78 Å². The topological polar surface area (TPSA) is 50.4 Å². The van der Waals surface area contributed by atoms with E-state index in [2.05, 4.69) is 10.3 Å². The van der Waals surface area contributed by atoms with Crippen LogP contribution in [0.1, 0.15) is 11.6 Å². The van der Waals surface area contributed by atoms with Gasteiger partial charge in [0.05, 0.1) is 12.6 Å². The second-order valence-electron chi connectivity index (χ2n) is 3.07. The fourth-order valence-electron chi connectivity index (χ4n) is 1.43. The normalized spacial score (nSPS) is 20.4. The quantitative estimate of drug-likeness (QED) is 0.703. The van der Waals surface area contributed by atoms with Crippen molar-refractivity contribution in [3.05, 3.63) is 35.4 Å². The molecule has 1 aliphatic heterocycles. The molecule has 2 rings (SSSR count). The molecule has 0 saturated carbocycles. The number of aliphatic imine (C=N–C) groups is 1. The molecule has 1 unspecified atom stereocenters. The molecule has 1 aliphatic rings. The first-order valence-corrected chi connectivity index (χ1v) is 4.19. The van der Waals surface area contributed by atoms with E-state index < -0.39 is 11.6 Å². The molecule has 1 heterocycles. The average Bonchev–Trinajstić information content (AvgIpc) is 2.57. The number of nitrogens with zero attached hydrogens (tertiary/aromatic N) is 1. The van der Waals surface area contributed by atoms with Crippen LogP contribution in [0.2, 0.25) is 0 Å². The van der Waals surface area contributed by atoms with Gasteiger partial charge in [0, 0.05) is 5.56 Å². The van der Waals surface area contributed by atoms with Crippen LogP contribution >= 0.6 is 0 Å². The highest BCUT2D eigenvalue weighted by Gasteiger charge is 2.21. The van der Waals surface area contributed by atoms with Crippen molar-refractivity contribution in [3.63, 3.8) is 0 Å². The van der Waals surface area contributed by atoms with E-state index in [1.807, 2.05) is 0 Å². The minimum atomic E-state index is -0.852. The Morgan fingerprint density at radius 3 is 2.86 bits per heavy atom. The van der Waals surface area contributed by atoms with E-state index in [-0.39, 0.29) is 17.6 Å². The third kappa shape index (κ3) is 1.41. The maximum absolute atomic E-state index is 13.3. The number of guanidine groups is 1. The van der Waals surface area contributed by atoms with Crippen LogP contribution in [0.5, 0.6) is 0 Å². The number of halogens is 2. The maximum atomic E-state index is 13.3. The van der Waals surface area contributed by atoms with Crippen LogP contribution in [-0.4, -0.2) is 12.5 Å². The first kappa shape index (κ1) is 8.93. The first-order valence-electron chi connectivity index (χ1n) is 4.19. The Labute approximate surface area is 79.6 Å². The molecule has 74 valence electrons. The number of hydrogen-bond donors (Lipinski definition) is 2. The number of benzene rings is 1. The van der Waals surface area contributed by atoms with Crippen LogP contribution in [0.25, 0.3) is 0 Å². The van der Waals surface area contributed by atoms with Crippen molar-refractivity contribution in [1.82, 2.24) is 5.32 Å². The van der Waals surface area contributed by atoms with Gasteiger partial charge in [0.2, 0.25) is 0 Å². The van der Waals surface area contributed by atoms with E-state index in [0.717, 1.165) is 6.07 Å². The molecular formula is C9H9F2N3. The van der Waals surface area contributed by atoms with Gasteiger partial charge in [-0.15, -0.1) is 0 Å². The summed E-state index contributed by atoms with van der Waals surface area (Å²) in [5.74, 6) is -1.43. The molecule has 14 heavy (non-hydrogen) atoms. The zero-order valence-electron chi connectivity index (χ0n) is 7.30. The van der Waals surface area contributed by atoms with Crippen molar-refractivity contribution >= 4 is 5.96 Å². The van der Waals surface area contributed by atoms with Crippen LogP contribution < -0.4 is 11.1 Å². The Balaban J connectivity index is 2.30. The van der Waals surface area contributed by atoms with Gasteiger partial charge in [-0.2, -0.15) is 0 Å². The molecule has 0 aliphatic carbocycles. The summed E-state index contributed by atoms with van der Waals surface area (Å²) in [5, 5.41) is 2.76. The lowest BCUT2D eigenvalue weighted by molar-refractivity contribution is 0.487. The standard InChI is InChI=1S/C9H9F2N3/c10-6-3-1-2-5(8(6)11)7-4-13-9(12)14-7/h1-3,7H,4H2,(H3,12,13,14). The summed E-state index contributed by atoms with van der Waals surface area (Å²) in [4.78, 5) is 3.86. The molecule has 1 aromatic rings. The van der Waals surface area contributed by atoms with Gasteiger partial charge in [-0.25, -0.2) is 8.78 Å². The van der Waals surface area contributed by atoms with E-state index >= 15 is 0 Å². The summed E-state index contributed by atoms with van der Waals surface area (Å²) in [6.07, 6.45) is 0. The minimum absolute atomic E-state index is 0.259. The second kappa shape index (κ2) is 3.25. The Hall–Kier alpha value is -1.65. The van der Waals surface area contributed by atoms with Crippen LogP contribution in [-0.2, 0) is 0 Å². The van der Waals surface area contributed by atoms with Gasteiger partial charge >= 0.3 is 0 Å². The van der Waals surface area contributed by atoms with Gasteiger partial charge < -0.3 is 11.1 Å². The molecule has 1 atom stereocenters. The summed E-state index contributed by atoms with van der Waals surface area (Å²) in [7, 11) is 0. The van der Waals surface area contributed by atoms with Gasteiger partial charge in [-0.1, -0.05) is 12.1 Å². The largest absolute Gasteiger partial charge is 0.370 e. The molecule has 1 aromatic carbocycles. The predicted octanol–water partition coefficient (Wildman–Crippen LogP) is 0.924. The summed E-state index contributed by atoms with van der Waals surface area (Å²) >= 11 is 0. The lowest BCUT2D eigenvalue weighted by Gasteiger charge is -2.11. The number of hydrogen-bond acceptors (Lipinski definition) is 3. The zero-order chi connectivity index (χ0) is 10.1. The summed E-state index contributed by atoms with van der Waals surface area (Å²) < 4.78 is 26.1. The molecule has 3 nitrogen and oxygen atoms in total. The second-order valence-corrected chi connectivity index (χ2v) is 3.07. The van der Waals surface area contributed by atoms with Crippen molar-refractivity contribution in [2.45, 2.75) is 6.04 Å². The van der Waals surface area contributed by atoms with Gasteiger partial charge in [0.15, 0.2) is 17.6 Å². The Morgan fingerprint density at radius 1 is 1.43 bits per heavy atom. The van der Waals surface area contributed by atoms with Crippen molar-refractivity contribution in [3.8, 4) is 0 Å². The summed E-state index contributed by atoms with van der Waals surface area (Å²) in [6.45, 7) is 0.339. The molecule has 0 aromatic heterocycles. The number of nitrogens with one attached hydrogen (secondary N) is 1. The van der Waals surface area contributed by atoms with Crippen molar-refractivity contribution in [1.29, 1.82) is 0 Å². The zero-order valence-corrected chi connectivity index (χ0v) is 7.30. The van der Waals surface area contributed by atoms with Gasteiger partial charge in [-0.05, 0) is 6.07 Å². The minimum Gasteiger partial charge on any atom is -0.370 e. The van der Waals surface area contributed by atoms with Crippen LogP contribution in [0.3, 0.4) is 0 Å². The lowest BCUT2D eigenvalue weighted by Crippen LogP contribution is -2.30. The molecule has 5 heteroatoms. The van der Waals surface area contributed by atoms with Crippen LogP contribution in [0.15, 0.2) is 23.2 Å². The maximum Gasteiger partial charge on any atom is 0.189 e. The van der Waals surface area contributed by atoms with Gasteiger partial charge in [-0.3, -0.25) is 4.99 Å². The molecule has 0 amide bonds. The highest BCUT2D eigenvalue weighted by Crippen LogP contribution is 2.21. The fraction of sp³-hybridized carbons (Fsp3) is 0.222. The smallest absolute Gasteiger partial charge is 0.189 e. The highest BCUT2D eigenvalue weighted by molar-refractivity contribution is 5.80. The Morgan fingerprint density at radius 2 is 2.21 bits per heavy atom. The van der Waals surface area contributed by atoms with Gasteiger partial charge in [0.1, 0.15) is 0 Å². The van der Waals surface area contributed by atoms with Gasteiger partial charge in [0.25, 0.3) is 0 Å². The lowest BCUT2D eigenvalue weighted by atomic mass is 10.1. The summed E-state index contributed by atoms with van der Waals surface area (Å²) in [6, 6.07) is 3.71. The highest BCUT2D eigenvalue weighted by atomic mass is 19.2. The molecule has 0 radical (unpaired) electrons. The van der Waals surface area contributed by atoms with Crippen molar-refractivity contribution in [2.24, 2.45) is 10.7 Å². The molecule has 0 fully saturated rings. The SMILES string of the molecule is NC1=NCC(c2cccc(F)c2F)N1. The van der Waals surface area contributed by atoms with Crippen molar-refractivity contribution in [2.75, 3.05) is 6.54 Å².